The third-order valence-electron chi connectivity index (χ3n) is 1.84. The molecule has 0 atom stereocenters. The molecule has 92 valence electrons. The van der Waals surface area contributed by atoms with Crippen LogP contribution in [0.5, 0.6) is 0 Å². The highest BCUT2D eigenvalue weighted by Crippen LogP contribution is 2.17. The molecule has 1 rings (SSSR count). The quantitative estimate of drug-likeness (QED) is 0.690. The van der Waals surface area contributed by atoms with Crippen molar-refractivity contribution in [2.75, 3.05) is 13.2 Å². The Morgan fingerprint density at radius 2 is 1.71 bits per heavy atom. The number of nitrogens with zero attached hydrogens (tertiary/aromatic N) is 1. The van der Waals surface area contributed by atoms with Gasteiger partial charge in [0.2, 0.25) is 5.76 Å². The SMILES string of the molecule is CCOC(=O)C1=NC(=O)C(O)=C1C(=O)OCC. The van der Waals surface area contributed by atoms with E-state index < -0.39 is 34.9 Å². The van der Waals surface area contributed by atoms with Gasteiger partial charge in [-0.05, 0) is 13.8 Å². The first-order valence-electron chi connectivity index (χ1n) is 4.93. The van der Waals surface area contributed by atoms with Gasteiger partial charge in [-0.1, -0.05) is 0 Å². The number of rotatable bonds is 4. The molecule has 1 aliphatic heterocycles. The predicted octanol–water partition coefficient (Wildman–Crippen LogP) is -0.0941. The van der Waals surface area contributed by atoms with E-state index in [4.69, 9.17) is 0 Å². The summed E-state index contributed by atoms with van der Waals surface area (Å²) in [5.74, 6) is -3.89. The molecule has 0 aliphatic carbocycles. The maximum Gasteiger partial charge on any atom is 0.358 e. The van der Waals surface area contributed by atoms with Crippen molar-refractivity contribution in [3.05, 3.63) is 11.3 Å². The van der Waals surface area contributed by atoms with Crippen LogP contribution in [0.15, 0.2) is 16.3 Å². The molecule has 1 amide bonds. The molecule has 0 fully saturated rings. The van der Waals surface area contributed by atoms with Crippen LogP contribution in [0, 0.1) is 0 Å². The van der Waals surface area contributed by atoms with Crippen molar-refractivity contribution in [1.29, 1.82) is 0 Å². The van der Waals surface area contributed by atoms with Gasteiger partial charge in [-0.25, -0.2) is 9.59 Å². The van der Waals surface area contributed by atoms with Crippen molar-refractivity contribution in [3.8, 4) is 0 Å². The standard InChI is InChI=1S/C10H11NO6/c1-3-16-9(14)5-6(10(15)17-4-2)11-8(13)7(5)12/h3-4H2,1-2H3,(H,11,12,13). The van der Waals surface area contributed by atoms with Crippen molar-refractivity contribution in [1.82, 2.24) is 0 Å². The first-order valence-corrected chi connectivity index (χ1v) is 4.93. The van der Waals surface area contributed by atoms with Crippen LogP contribution in [0.3, 0.4) is 0 Å². The van der Waals surface area contributed by atoms with Gasteiger partial charge in [0.1, 0.15) is 5.57 Å². The van der Waals surface area contributed by atoms with Crippen molar-refractivity contribution in [2.24, 2.45) is 4.99 Å². The number of carbonyl (C=O) groups excluding carboxylic acids is 3. The number of amides is 1. The molecule has 0 spiro atoms. The van der Waals surface area contributed by atoms with Gasteiger partial charge in [-0.15, -0.1) is 0 Å². The maximum absolute atomic E-state index is 11.4. The molecule has 17 heavy (non-hydrogen) atoms. The summed E-state index contributed by atoms with van der Waals surface area (Å²) >= 11 is 0. The van der Waals surface area contributed by atoms with E-state index in [1.54, 1.807) is 13.8 Å². The van der Waals surface area contributed by atoms with E-state index >= 15 is 0 Å². The minimum absolute atomic E-state index is 0.0416. The molecular weight excluding hydrogens is 230 g/mol. The number of aliphatic hydroxyl groups is 1. The molecule has 0 aromatic heterocycles. The monoisotopic (exact) mass is 241 g/mol. The summed E-state index contributed by atoms with van der Waals surface area (Å²) in [6.07, 6.45) is 0. The molecule has 0 radical (unpaired) electrons. The topological polar surface area (TPSA) is 102 Å². The Morgan fingerprint density at radius 1 is 1.18 bits per heavy atom. The first kappa shape index (κ1) is 12.9. The van der Waals surface area contributed by atoms with Crippen molar-refractivity contribution >= 4 is 23.6 Å². The summed E-state index contributed by atoms with van der Waals surface area (Å²) < 4.78 is 9.21. The number of carbonyl (C=O) groups is 3. The average molecular weight is 241 g/mol. The Morgan fingerprint density at radius 3 is 2.24 bits per heavy atom. The van der Waals surface area contributed by atoms with Gasteiger partial charge in [-0.3, -0.25) is 4.79 Å². The van der Waals surface area contributed by atoms with Crippen LogP contribution in [-0.4, -0.2) is 41.9 Å². The van der Waals surface area contributed by atoms with E-state index in [0.29, 0.717) is 0 Å². The third kappa shape index (κ3) is 2.49. The highest BCUT2D eigenvalue weighted by atomic mass is 16.5. The lowest BCUT2D eigenvalue weighted by Gasteiger charge is -2.05. The minimum atomic E-state index is -1.06. The summed E-state index contributed by atoms with van der Waals surface area (Å²) in [6, 6.07) is 0. The molecule has 0 bridgehead atoms. The number of esters is 2. The van der Waals surface area contributed by atoms with Gasteiger partial charge >= 0.3 is 17.8 Å². The van der Waals surface area contributed by atoms with Crippen LogP contribution >= 0.6 is 0 Å². The fourth-order valence-corrected chi connectivity index (χ4v) is 1.17. The van der Waals surface area contributed by atoms with Crippen LogP contribution in [0.1, 0.15) is 13.8 Å². The molecular formula is C10H11NO6. The first-order chi connectivity index (χ1) is 8.02. The summed E-state index contributed by atoms with van der Waals surface area (Å²) in [5, 5.41) is 9.35. The van der Waals surface area contributed by atoms with Gasteiger partial charge in [0, 0.05) is 0 Å². The Kier molecular flexibility index (Phi) is 3.97. The maximum atomic E-state index is 11.4. The smallest absolute Gasteiger partial charge is 0.358 e. The lowest BCUT2D eigenvalue weighted by atomic mass is 10.1. The molecule has 0 saturated carbocycles. The second-order valence-corrected chi connectivity index (χ2v) is 2.93. The van der Waals surface area contributed by atoms with Crippen LogP contribution in [0.4, 0.5) is 0 Å². The zero-order valence-electron chi connectivity index (χ0n) is 9.35. The number of hydrogen-bond donors (Lipinski definition) is 1. The summed E-state index contributed by atoms with van der Waals surface area (Å²) in [4.78, 5) is 37.2. The zero-order valence-corrected chi connectivity index (χ0v) is 9.35. The second kappa shape index (κ2) is 5.24. The van der Waals surface area contributed by atoms with Gasteiger partial charge in [-0.2, -0.15) is 4.99 Å². The molecule has 1 aliphatic rings. The second-order valence-electron chi connectivity index (χ2n) is 2.93. The van der Waals surface area contributed by atoms with E-state index in [-0.39, 0.29) is 13.2 Å². The molecule has 0 unspecified atom stereocenters. The molecule has 0 aromatic rings. The Bertz CT molecular complexity index is 434. The van der Waals surface area contributed by atoms with E-state index in [0.717, 1.165) is 0 Å². The van der Waals surface area contributed by atoms with E-state index in [1.807, 2.05) is 0 Å². The molecule has 1 N–H and O–H groups in total. The fourth-order valence-electron chi connectivity index (χ4n) is 1.17. The highest BCUT2D eigenvalue weighted by Gasteiger charge is 2.37. The highest BCUT2D eigenvalue weighted by molar-refractivity contribution is 6.53. The number of aliphatic hydroxyl groups excluding tert-OH is 1. The van der Waals surface area contributed by atoms with E-state index in [1.165, 1.54) is 0 Å². The number of hydrogen-bond acceptors (Lipinski definition) is 6. The largest absolute Gasteiger partial charge is 0.502 e. The Hall–Kier alpha value is -2.18. The summed E-state index contributed by atoms with van der Waals surface area (Å²) in [7, 11) is 0. The summed E-state index contributed by atoms with van der Waals surface area (Å²) in [6.45, 7) is 3.21. The minimum Gasteiger partial charge on any atom is -0.502 e. The zero-order chi connectivity index (χ0) is 13.0. The lowest BCUT2D eigenvalue weighted by molar-refractivity contribution is -0.139. The van der Waals surface area contributed by atoms with E-state index in [2.05, 4.69) is 14.5 Å². The normalized spacial score (nSPS) is 14.7. The van der Waals surface area contributed by atoms with Crippen molar-refractivity contribution in [3.63, 3.8) is 0 Å². The summed E-state index contributed by atoms with van der Waals surface area (Å²) in [5.41, 5.74) is -1.07. The molecule has 7 heteroatoms. The molecule has 0 saturated heterocycles. The fraction of sp³-hybridized carbons (Fsp3) is 0.400. The molecule has 7 nitrogen and oxygen atoms in total. The van der Waals surface area contributed by atoms with Gasteiger partial charge in [0.25, 0.3) is 0 Å². The lowest BCUT2D eigenvalue weighted by Crippen LogP contribution is -2.24. The van der Waals surface area contributed by atoms with Crippen LogP contribution in [-0.2, 0) is 23.9 Å². The van der Waals surface area contributed by atoms with Gasteiger partial charge in [0.15, 0.2) is 5.71 Å². The molecule has 0 aromatic carbocycles. The Labute approximate surface area is 96.7 Å². The van der Waals surface area contributed by atoms with Crippen LogP contribution in [0.25, 0.3) is 0 Å². The van der Waals surface area contributed by atoms with Gasteiger partial charge in [0.05, 0.1) is 13.2 Å². The van der Waals surface area contributed by atoms with Gasteiger partial charge < -0.3 is 14.6 Å². The Balaban J connectivity index is 3.06. The average Bonchev–Trinajstić information content (AvgIpc) is 2.56. The predicted molar refractivity (Wildman–Crippen MR) is 55.4 cm³/mol. The van der Waals surface area contributed by atoms with Crippen molar-refractivity contribution < 1.29 is 29.0 Å². The number of ether oxygens (including phenoxy) is 2. The number of aliphatic imine (C=N–C) groups is 1. The van der Waals surface area contributed by atoms with Crippen LogP contribution < -0.4 is 0 Å². The van der Waals surface area contributed by atoms with E-state index in [9.17, 15) is 19.5 Å². The molecule has 1 heterocycles. The van der Waals surface area contributed by atoms with Crippen molar-refractivity contribution in [2.45, 2.75) is 13.8 Å². The van der Waals surface area contributed by atoms with Crippen LogP contribution in [0.2, 0.25) is 0 Å². The third-order valence-corrected chi connectivity index (χ3v) is 1.84.